The van der Waals surface area contributed by atoms with Crippen molar-refractivity contribution in [2.45, 2.75) is 70.5 Å². The van der Waals surface area contributed by atoms with Gasteiger partial charge < -0.3 is 0 Å². The van der Waals surface area contributed by atoms with E-state index in [1.54, 1.807) is 0 Å². The molecule has 0 aromatic heterocycles. The molecule has 1 atom stereocenters. The van der Waals surface area contributed by atoms with Crippen LogP contribution in [0.3, 0.4) is 0 Å². The minimum atomic E-state index is -3.94. The van der Waals surface area contributed by atoms with Crippen LogP contribution in [0.2, 0.25) is 0 Å². The zero-order valence-corrected chi connectivity index (χ0v) is 16.9. The number of nitrogens with one attached hydrogen (secondary N) is 2. The van der Waals surface area contributed by atoms with Gasteiger partial charge in [-0.25, -0.2) is 13.7 Å². The monoisotopic (exact) mass is 384 g/mol. The van der Waals surface area contributed by atoms with E-state index in [9.17, 15) is 18.5 Å². The van der Waals surface area contributed by atoms with Crippen molar-refractivity contribution in [3.05, 3.63) is 38.9 Å². The van der Waals surface area contributed by atoms with Gasteiger partial charge in [0.25, 0.3) is 10.0 Å². The lowest BCUT2D eigenvalue weighted by molar-refractivity contribution is -0.533. The van der Waals surface area contributed by atoms with E-state index in [1.165, 1.54) is 0 Å². The van der Waals surface area contributed by atoms with Crippen molar-refractivity contribution >= 4 is 10.0 Å². The normalized spacial score (nSPS) is 19.0. The number of rotatable bonds is 6. The molecule has 0 spiro atoms. The first kappa shape index (κ1) is 20.8. The Balaban J connectivity index is 2.65. The Hall–Kier alpha value is -1.55. The molecule has 1 saturated heterocycles. The predicted molar refractivity (Wildman–Crippen MR) is 99.7 cm³/mol. The lowest BCUT2D eigenvalue weighted by Gasteiger charge is -2.25. The molecule has 0 bridgehead atoms. The molecular weight excluding hydrogens is 356 g/mol. The second-order valence-electron chi connectivity index (χ2n) is 7.53. The van der Waals surface area contributed by atoms with Crippen LogP contribution in [-0.4, -0.2) is 30.7 Å². The van der Waals surface area contributed by atoms with E-state index < -0.39 is 21.2 Å². The number of sulfonamides is 1. The molecule has 1 unspecified atom stereocenters. The molecule has 2 rings (SSSR count). The first-order valence-corrected chi connectivity index (χ1v) is 10.2. The highest BCUT2D eigenvalue weighted by Crippen LogP contribution is 2.36. The molecule has 0 amide bonds. The fourth-order valence-corrected chi connectivity index (χ4v) is 4.86. The maximum absolute atomic E-state index is 13.3. The lowest BCUT2D eigenvalue weighted by atomic mass is 9.89. The molecule has 8 nitrogen and oxygen atoms in total. The van der Waals surface area contributed by atoms with Crippen LogP contribution in [0.1, 0.15) is 76.0 Å². The maximum atomic E-state index is 13.3. The Morgan fingerprint density at radius 1 is 1.08 bits per heavy atom. The van der Waals surface area contributed by atoms with Crippen LogP contribution >= 0.6 is 0 Å². The number of nitro groups is 1. The van der Waals surface area contributed by atoms with Gasteiger partial charge in [-0.15, -0.1) is 4.41 Å². The van der Waals surface area contributed by atoms with Crippen LogP contribution in [0.25, 0.3) is 0 Å². The number of nitrogens with zero attached hydrogens (tertiary/aromatic N) is 2. The highest BCUT2D eigenvalue weighted by molar-refractivity contribution is 7.89. The molecule has 9 heteroatoms. The van der Waals surface area contributed by atoms with Crippen LogP contribution in [-0.2, 0) is 10.0 Å². The quantitative estimate of drug-likeness (QED) is 0.577. The summed E-state index contributed by atoms with van der Waals surface area (Å²) in [7, 11) is -3.94. The molecule has 26 heavy (non-hydrogen) atoms. The van der Waals surface area contributed by atoms with Gasteiger partial charge in [-0.1, -0.05) is 53.7 Å². The minimum Gasteiger partial charge on any atom is -0.261 e. The van der Waals surface area contributed by atoms with E-state index in [0.29, 0.717) is 0 Å². The molecule has 0 radical (unpaired) electrons. The zero-order chi connectivity index (χ0) is 19.8. The standard InChI is InChI=1S/C17H28N4O4S/c1-10(2)13-7-14(11(3)4)16(15(8-13)12(5)6)26(24,25)20-9-18-17(19-20)21(22)23/h7-8,10-12,17-19H,9H2,1-6H3. The van der Waals surface area contributed by atoms with Gasteiger partial charge in [0.15, 0.2) is 0 Å². The second kappa shape index (κ2) is 7.59. The molecule has 1 aliphatic heterocycles. The van der Waals surface area contributed by atoms with Crippen LogP contribution in [0.15, 0.2) is 17.0 Å². The van der Waals surface area contributed by atoms with Crippen LogP contribution in [0, 0.1) is 10.1 Å². The summed E-state index contributed by atoms with van der Waals surface area (Å²) in [4.78, 5) is 10.6. The molecule has 146 valence electrons. The smallest absolute Gasteiger partial charge is 0.261 e. The fourth-order valence-electron chi connectivity index (χ4n) is 2.97. The van der Waals surface area contributed by atoms with Crippen molar-refractivity contribution in [2.24, 2.45) is 0 Å². The minimum absolute atomic E-state index is 0.00199. The summed E-state index contributed by atoms with van der Waals surface area (Å²) < 4.78 is 27.6. The first-order chi connectivity index (χ1) is 12.0. The molecule has 1 heterocycles. The van der Waals surface area contributed by atoms with Gasteiger partial charge in [-0.3, -0.25) is 10.1 Å². The van der Waals surface area contributed by atoms with Gasteiger partial charge in [-0.2, -0.15) is 5.43 Å². The maximum Gasteiger partial charge on any atom is 0.337 e. The summed E-state index contributed by atoms with van der Waals surface area (Å²) in [5.74, 6) is 0.267. The third-order valence-electron chi connectivity index (χ3n) is 4.53. The summed E-state index contributed by atoms with van der Waals surface area (Å²) in [6.45, 7) is 11.8. The molecule has 1 aromatic rings. The topological polar surface area (TPSA) is 105 Å². The molecule has 1 aliphatic rings. The summed E-state index contributed by atoms with van der Waals surface area (Å²) >= 11 is 0. The van der Waals surface area contributed by atoms with E-state index in [0.717, 1.165) is 21.1 Å². The Morgan fingerprint density at radius 2 is 1.58 bits per heavy atom. The van der Waals surface area contributed by atoms with E-state index in [2.05, 4.69) is 24.6 Å². The number of hydrogen-bond donors (Lipinski definition) is 2. The Labute approximate surface area is 155 Å². The van der Waals surface area contributed by atoms with E-state index in [4.69, 9.17) is 0 Å². The van der Waals surface area contributed by atoms with Gasteiger partial charge in [-0.05, 0) is 34.4 Å². The highest BCUT2D eigenvalue weighted by atomic mass is 32.2. The van der Waals surface area contributed by atoms with Gasteiger partial charge in [0, 0.05) is 0 Å². The van der Waals surface area contributed by atoms with E-state index >= 15 is 0 Å². The third-order valence-corrected chi connectivity index (χ3v) is 6.33. The number of hydrogen-bond acceptors (Lipinski definition) is 6. The van der Waals surface area contributed by atoms with Gasteiger partial charge in [0.2, 0.25) is 0 Å². The summed E-state index contributed by atoms with van der Waals surface area (Å²) in [5, 5.41) is 13.5. The van der Waals surface area contributed by atoms with Crippen molar-refractivity contribution in [2.75, 3.05) is 6.67 Å². The van der Waals surface area contributed by atoms with Crippen molar-refractivity contribution in [3.63, 3.8) is 0 Å². The summed E-state index contributed by atoms with van der Waals surface area (Å²) in [6, 6.07) is 3.89. The Kier molecular flexibility index (Phi) is 6.06. The van der Waals surface area contributed by atoms with E-state index in [1.807, 2.05) is 39.8 Å². The number of hydrazine groups is 1. The predicted octanol–water partition coefficient (Wildman–Crippen LogP) is 2.67. The van der Waals surface area contributed by atoms with Crippen LogP contribution in [0.5, 0.6) is 0 Å². The SMILES string of the molecule is CC(C)c1cc(C(C)C)c(S(=O)(=O)N2CNC([N+](=O)[O-])N2)c(C(C)C)c1. The first-order valence-electron chi connectivity index (χ1n) is 8.80. The molecule has 1 aromatic carbocycles. The van der Waals surface area contributed by atoms with Crippen molar-refractivity contribution in [3.8, 4) is 0 Å². The molecule has 0 saturated carbocycles. The van der Waals surface area contributed by atoms with Crippen molar-refractivity contribution in [1.29, 1.82) is 0 Å². The molecule has 2 N–H and O–H groups in total. The second-order valence-corrected chi connectivity index (χ2v) is 9.32. The average Bonchev–Trinajstić information content (AvgIpc) is 3.04. The Morgan fingerprint density at radius 3 is 1.92 bits per heavy atom. The summed E-state index contributed by atoms with van der Waals surface area (Å²) in [6.07, 6.45) is -1.32. The van der Waals surface area contributed by atoms with Gasteiger partial charge in [0.1, 0.15) is 0 Å². The van der Waals surface area contributed by atoms with Crippen LogP contribution < -0.4 is 10.7 Å². The summed E-state index contributed by atoms with van der Waals surface area (Å²) in [5.41, 5.74) is 5.01. The molecular formula is C17H28N4O4S. The fraction of sp³-hybridized carbons (Fsp3) is 0.647. The van der Waals surface area contributed by atoms with E-state index in [-0.39, 0.29) is 29.3 Å². The Bertz CT molecular complexity index is 761. The van der Waals surface area contributed by atoms with Crippen molar-refractivity contribution < 1.29 is 13.3 Å². The lowest BCUT2D eigenvalue weighted by Crippen LogP contribution is -2.44. The van der Waals surface area contributed by atoms with Gasteiger partial charge >= 0.3 is 6.29 Å². The average molecular weight is 385 g/mol. The number of benzene rings is 1. The highest BCUT2D eigenvalue weighted by Gasteiger charge is 2.40. The third kappa shape index (κ3) is 3.90. The largest absolute Gasteiger partial charge is 0.337 e. The molecule has 1 fully saturated rings. The van der Waals surface area contributed by atoms with Crippen LogP contribution in [0.4, 0.5) is 0 Å². The van der Waals surface area contributed by atoms with Gasteiger partial charge in [0.05, 0.1) is 16.5 Å². The molecule has 0 aliphatic carbocycles. The zero-order valence-electron chi connectivity index (χ0n) is 16.1. The van der Waals surface area contributed by atoms with Crippen molar-refractivity contribution in [1.82, 2.24) is 15.2 Å².